The summed E-state index contributed by atoms with van der Waals surface area (Å²) in [5, 5.41) is 12.8. The Bertz CT molecular complexity index is 911. The molecule has 0 unspecified atom stereocenters. The molecule has 1 amide bonds. The maximum atomic E-state index is 12.3. The van der Waals surface area contributed by atoms with Gasteiger partial charge in [0.2, 0.25) is 5.95 Å². The number of rotatable bonds is 4. The van der Waals surface area contributed by atoms with E-state index in [9.17, 15) is 4.79 Å². The Morgan fingerprint density at radius 3 is 2.50 bits per heavy atom. The van der Waals surface area contributed by atoms with Crippen LogP contribution in [0, 0.1) is 0 Å². The molecule has 2 heterocycles. The van der Waals surface area contributed by atoms with Crippen LogP contribution in [0.2, 0.25) is 10.0 Å². The van der Waals surface area contributed by atoms with E-state index in [-0.39, 0.29) is 6.09 Å². The van der Waals surface area contributed by atoms with Crippen LogP contribution in [-0.4, -0.2) is 64.5 Å². The van der Waals surface area contributed by atoms with Gasteiger partial charge in [-0.2, -0.15) is 4.98 Å². The SMILES string of the molecule is CCNc1nc(N2CCN(C(=O)OC(C)(C)C)CC2)nnc1-c1cccc(Cl)c1Cl. The maximum absolute atomic E-state index is 12.3. The first kappa shape index (κ1) is 22.4. The molecule has 0 bridgehead atoms. The highest BCUT2D eigenvalue weighted by molar-refractivity contribution is 6.43. The average molecular weight is 453 g/mol. The van der Waals surface area contributed by atoms with Crippen LogP contribution in [0.1, 0.15) is 27.7 Å². The van der Waals surface area contributed by atoms with Crippen molar-refractivity contribution in [1.82, 2.24) is 20.1 Å². The van der Waals surface area contributed by atoms with E-state index in [1.807, 2.05) is 44.7 Å². The number of carbonyl (C=O) groups excluding carboxylic acids is 1. The molecular formula is C20H26Cl2N6O2. The van der Waals surface area contributed by atoms with Crippen molar-refractivity contribution in [2.24, 2.45) is 0 Å². The highest BCUT2D eigenvalue weighted by Gasteiger charge is 2.27. The lowest BCUT2D eigenvalue weighted by atomic mass is 10.1. The third-order valence-corrected chi connectivity index (χ3v) is 5.26. The van der Waals surface area contributed by atoms with Gasteiger partial charge in [-0.1, -0.05) is 35.3 Å². The van der Waals surface area contributed by atoms with E-state index >= 15 is 0 Å². The summed E-state index contributed by atoms with van der Waals surface area (Å²) in [6, 6.07) is 5.37. The smallest absolute Gasteiger partial charge is 0.410 e. The molecule has 162 valence electrons. The molecular weight excluding hydrogens is 427 g/mol. The molecule has 1 aliphatic heterocycles. The summed E-state index contributed by atoms with van der Waals surface area (Å²) in [6.07, 6.45) is -0.305. The van der Waals surface area contributed by atoms with Crippen LogP contribution in [0.15, 0.2) is 18.2 Å². The fraction of sp³-hybridized carbons (Fsp3) is 0.500. The maximum Gasteiger partial charge on any atom is 0.410 e. The number of anilines is 2. The molecule has 1 fully saturated rings. The molecule has 0 spiro atoms. The number of benzene rings is 1. The van der Waals surface area contributed by atoms with Gasteiger partial charge in [0.25, 0.3) is 0 Å². The Labute approximate surface area is 186 Å². The number of aromatic nitrogens is 3. The number of carbonyl (C=O) groups is 1. The Morgan fingerprint density at radius 2 is 1.87 bits per heavy atom. The second-order valence-electron chi connectivity index (χ2n) is 7.90. The summed E-state index contributed by atoms with van der Waals surface area (Å²) in [5.41, 5.74) is 0.696. The van der Waals surface area contributed by atoms with Gasteiger partial charge >= 0.3 is 6.09 Å². The minimum atomic E-state index is -0.514. The van der Waals surface area contributed by atoms with Crippen LogP contribution >= 0.6 is 23.2 Å². The predicted molar refractivity (Wildman–Crippen MR) is 119 cm³/mol. The molecule has 1 aliphatic rings. The van der Waals surface area contributed by atoms with Crippen molar-refractivity contribution in [3.8, 4) is 11.3 Å². The van der Waals surface area contributed by atoms with Gasteiger partial charge in [0.05, 0.1) is 10.0 Å². The lowest BCUT2D eigenvalue weighted by Gasteiger charge is -2.35. The van der Waals surface area contributed by atoms with E-state index in [4.69, 9.17) is 27.9 Å². The summed E-state index contributed by atoms with van der Waals surface area (Å²) in [7, 11) is 0. The lowest BCUT2D eigenvalue weighted by Crippen LogP contribution is -2.50. The fourth-order valence-corrected chi connectivity index (χ4v) is 3.42. The summed E-state index contributed by atoms with van der Waals surface area (Å²) in [5.74, 6) is 1.08. The summed E-state index contributed by atoms with van der Waals surface area (Å²) in [6.45, 7) is 10.4. The molecule has 0 radical (unpaired) electrons. The number of hydrogen-bond donors (Lipinski definition) is 1. The number of nitrogens with one attached hydrogen (secondary N) is 1. The highest BCUT2D eigenvalue weighted by Crippen LogP contribution is 2.35. The third-order valence-electron chi connectivity index (χ3n) is 4.44. The zero-order chi connectivity index (χ0) is 21.9. The molecule has 8 nitrogen and oxygen atoms in total. The Hall–Kier alpha value is -2.32. The van der Waals surface area contributed by atoms with E-state index in [1.54, 1.807) is 11.0 Å². The number of nitrogens with zero attached hydrogens (tertiary/aromatic N) is 5. The molecule has 10 heteroatoms. The topological polar surface area (TPSA) is 83.5 Å². The quantitative estimate of drug-likeness (QED) is 0.738. The molecule has 0 atom stereocenters. The van der Waals surface area contributed by atoms with Gasteiger partial charge in [-0.15, -0.1) is 10.2 Å². The van der Waals surface area contributed by atoms with Gasteiger partial charge in [-0.25, -0.2) is 4.79 Å². The number of halogens is 2. The van der Waals surface area contributed by atoms with Crippen LogP contribution < -0.4 is 10.2 Å². The molecule has 1 aromatic carbocycles. The number of amides is 1. The first-order chi connectivity index (χ1) is 14.2. The number of ether oxygens (including phenoxy) is 1. The molecule has 0 saturated carbocycles. The van der Waals surface area contributed by atoms with E-state index in [0.717, 1.165) is 0 Å². The standard InChI is InChI=1S/C20H26Cl2N6O2/c1-5-23-17-16(13-7-6-8-14(21)15(13)22)25-26-18(24-17)27-9-11-28(12-10-27)19(29)30-20(2,3)4/h6-8H,5,9-12H2,1-4H3,(H,23,24,26). The lowest BCUT2D eigenvalue weighted by molar-refractivity contribution is 0.0240. The second-order valence-corrected chi connectivity index (χ2v) is 8.68. The van der Waals surface area contributed by atoms with Crippen molar-refractivity contribution in [2.45, 2.75) is 33.3 Å². The van der Waals surface area contributed by atoms with Gasteiger partial charge < -0.3 is 19.9 Å². The third kappa shape index (κ3) is 5.23. The minimum Gasteiger partial charge on any atom is -0.444 e. The summed E-state index contributed by atoms with van der Waals surface area (Å²) < 4.78 is 5.45. The molecule has 0 aliphatic carbocycles. The minimum absolute atomic E-state index is 0.305. The summed E-state index contributed by atoms with van der Waals surface area (Å²) in [4.78, 5) is 20.6. The molecule has 1 N–H and O–H groups in total. The predicted octanol–water partition coefficient (Wildman–Crippen LogP) is 4.33. The summed E-state index contributed by atoms with van der Waals surface area (Å²) >= 11 is 12.5. The van der Waals surface area contributed by atoms with Gasteiger partial charge in [-0.3, -0.25) is 0 Å². The first-order valence-corrected chi connectivity index (χ1v) is 10.6. The van der Waals surface area contributed by atoms with Crippen LogP contribution in [0.5, 0.6) is 0 Å². The molecule has 2 aromatic rings. The Balaban J connectivity index is 1.77. The Kier molecular flexibility index (Phi) is 6.88. The zero-order valence-electron chi connectivity index (χ0n) is 17.6. The van der Waals surface area contributed by atoms with Crippen LogP contribution in [0.3, 0.4) is 0 Å². The van der Waals surface area contributed by atoms with Gasteiger partial charge in [0.1, 0.15) is 11.3 Å². The monoisotopic (exact) mass is 452 g/mol. The van der Waals surface area contributed by atoms with Gasteiger partial charge in [0.15, 0.2) is 5.82 Å². The van der Waals surface area contributed by atoms with Crippen molar-refractivity contribution in [3.05, 3.63) is 28.2 Å². The van der Waals surface area contributed by atoms with Crippen molar-refractivity contribution < 1.29 is 9.53 Å². The molecule has 3 rings (SSSR count). The van der Waals surface area contributed by atoms with Gasteiger partial charge in [-0.05, 0) is 33.8 Å². The second kappa shape index (κ2) is 9.22. The zero-order valence-corrected chi connectivity index (χ0v) is 19.1. The van der Waals surface area contributed by atoms with Gasteiger partial charge in [0, 0.05) is 38.3 Å². The first-order valence-electron chi connectivity index (χ1n) is 9.85. The number of hydrogen-bond acceptors (Lipinski definition) is 7. The highest BCUT2D eigenvalue weighted by atomic mass is 35.5. The largest absolute Gasteiger partial charge is 0.444 e. The van der Waals surface area contributed by atoms with E-state index < -0.39 is 5.60 Å². The van der Waals surface area contributed by atoms with E-state index in [2.05, 4.69) is 20.5 Å². The average Bonchev–Trinajstić information content (AvgIpc) is 2.69. The van der Waals surface area contributed by atoms with Crippen LogP contribution in [-0.2, 0) is 4.74 Å². The molecule has 30 heavy (non-hydrogen) atoms. The number of piperazine rings is 1. The van der Waals surface area contributed by atoms with Crippen molar-refractivity contribution >= 4 is 41.1 Å². The Morgan fingerprint density at radius 1 is 1.17 bits per heavy atom. The normalized spacial score (nSPS) is 14.6. The van der Waals surface area contributed by atoms with Crippen LogP contribution in [0.4, 0.5) is 16.6 Å². The van der Waals surface area contributed by atoms with Crippen molar-refractivity contribution in [3.63, 3.8) is 0 Å². The van der Waals surface area contributed by atoms with Crippen molar-refractivity contribution in [2.75, 3.05) is 42.9 Å². The van der Waals surface area contributed by atoms with E-state index in [1.165, 1.54) is 0 Å². The van der Waals surface area contributed by atoms with Crippen LogP contribution in [0.25, 0.3) is 11.3 Å². The fourth-order valence-electron chi connectivity index (χ4n) is 3.03. The molecule has 1 aromatic heterocycles. The van der Waals surface area contributed by atoms with Crippen molar-refractivity contribution in [1.29, 1.82) is 0 Å². The molecule has 1 saturated heterocycles. The van der Waals surface area contributed by atoms with E-state index in [0.29, 0.717) is 65.8 Å².